The number of benzene rings is 1. The number of nitrogens with one attached hydrogen (secondary N) is 1. The molecule has 3 heterocycles. The maximum Gasteiger partial charge on any atom is 0.176 e. The van der Waals surface area contributed by atoms with Gasteiger partial charge in [-0.1, -0.05) is 18.2 Å². The standard InChI is InChI=1S/C18H26N2O4/c1-22-13-7-3-2-6-12(13)10-19-15-14-11-23-18(24-14)16(17(15)21)20-8-4-5-9-20/h2-3,6-7,14-19,21H,4-5,8-11H2,1H3/t14-,15-,16-,17+,18-/m1/s1. The van der Waals surface area contributed by atoms with Crippen molar-refractivity contribution in [3.8, 4) is 5.75 Å². The molecule has 5 atom stereocenters. The Morgan fingerprint density at radius 2 is 2.08 bits per heavy atom. The molecule has 24 heavy (non-hydrogen) atoms. The van der Waals surface area contributed by atoms with Gasteiger partial charge in [0.05, 0.1) is 31.9 Å². The van der Waals surface area contributed by atoms with Gasteiger partial charge in [0.2, 0.25) is 0 Å². The van der Waals surface area contributed by atoms with Crippen molar-refractivity contribution in [1.29, 1.82) is 0 Å². The number of nitrogens with zero attached hydrogens (tertiary/aromatic N) is 1. The second-order valence-electron chi connectivity index (χ2n) is 6.82. The monoisotopic (exact) mass is 334 g/mol. The van der Waals surface area contributed by atoms with Gasteiger partial charge >= 0.3 is 0 Å². The van der Waals surface area contributed by atoms with E-state index in [0.29, 0.717) is 13.2 Å². The van der Waals surface area contributed by atoms with E-state index < -0.39 is 6.10 Å². The van der Waals surface area contributed by atoms with Crippen LogP contribution in [0.5, 0.6) is 5.75 Å². The van der Waals surface area contributed by atoms with Crippen LogP contribution < -0.4 is 10.1 Å². The lowest BCUT2D eigenvalue weighted by Gasteiger charge is -2.42. The van der Waals surface area contributed by atoms with Gasteiger partial charge in [0, 0.05) is 12.1 Å². The van der Waals surface area contributed by atoms with Gasteiger partial charge in [0.1, 0.15) is 11.9 Å². The third-order valence-corrected chi connectivity index (χ3v) is 5.41. The number of rotatable bonds is 5. The molecule has 0 radical (unpaired) electrons. The average molecular weight is 334 g/mol. The average Bonchev–Trinajstić information content (AvgIpc) is 3.27. The van der Waals surface area contributed by atoms with Crippen LogP contribution in [-0.4, -0.2) is 67.4 Å². The van der Waals surface area contributed by atoms with Gasteiger partial charge in [-0.2, -0.15) is 0 Å². The highest BCUT2D eigenvalue weighted by atomic mass is 16.7. The second-order valence-corrected chi connectivity index (χ2v) is 6.82. The van der Waals surface area contributed by atoms with Crippen LogP contribution in [0.1, 0.15) is 18.4 Å². The van der Waals surface area contributed by atoms with E-state index in [0.717, 1.165) is 24.4 Å². The van der Waals surface area contributed by atoms with Crippen LogP contribution in [0.4, 0.5) is 0 Å². The van der Waals surface area contributed by atoms with E-state index in [1.54, 1.807) is 7.11 Å². The first kappa shape index (κ1) is 16.3. The smallest absolute Gasteiger partial charge is 0.176 e. The Kier molecular flexibility index (Phi) is 4.74. The van der Waals surface area contributed by atoms with E-state index in [1.165, 1.54) is 12.8 Å². The van der Waals surface area contributed by atoms with Crippen LogP contribution in [0.15, 0.2) is 24.3 Å². The Bertz CT molecular complexity index is 562. The Hall–Kier alpha value is -1.18. The van der Waals surface area contributed by atoms with Crippen LogP contribution in [0.3, 0.4) is 0 Å². The zero-order chi connectivity index (χ0) is 16.5. The molecule has 6 heteroatoms. The predicted molar refractivity (Wildman–Crippen MR) is 88.8 cm³/mol. The molecule has 3 fully saturated rings. The Morgan fingerprint density at radius 1 is 1.29 bits per heavy atom. The molecule has 2 bridgehead atoms. The third-order valence-electron chi connectivity index (χ3n) is 5.41. The summed E-state index contributed by atoms with van der Waals surface area (Å²) in [7, 11) is 1.68. The highest BCUT2D eigenvalue weighted by molar-refractivity contribution is 5.33. The van der Waals surface area contributed by atoms with E-state index in [2.05, 4.69) is 10.2 Å². The molecular weight excluding hydrogens is 308 g/mol. The Labute approximate surface area is 142 Å². The van der Waals surface area contributed by atoms with Crippen molar-refractivity contribution in [1.82, 2.24) is 10.2 Å². The minimum absolute atomic E-state index is 0.0820. The van der Waals surface area contributed by atoms with Crippen molar-refractivity contribution in [3.63, 3.8) is 0 Å². The summed E-state index contributed by atoms with van der Waals surface area (Å²) in [6, 6.07) is 7.72. The lowest BCUT2D eigenvalue weighted by molar-refractivity contribution is -0.179. The summed E-state index contributed by atoms with van der Waals surface area (Å²) in [6.45, 7) is 3.18. The van der Waals surface area contributed by atoms with Crippen molar-refractivity contribution < 1.29 is 19.3 Å². The number of aliphatic hydroxyl groups excluding tert-OH is 1. The van der Waals surface area contributed by atoms with Crippen molar-refractivity contribution in [2.24, 2.45) is 0 Å². The predicted octanol–water partition coefficient (Wildman–Crippen LogP) is 0.734. The zero-order valence-corrected chi connectivity index (χ0v) is 14.1. The fourth-order valence-corrected chi connectivity index (χ4v) is 4.16. The molecule has 0 spiro atoms. The Morgan fingerprint density at radius 3 is 2.88 bits per heavy atom. The summed E-state index contributed by atoms with van der Waals surface area (Å²) in [5.41, 5.74) is 1.07. The first-order valence-corrected chi connectivity index (χ1v) is 8.82. The third kappa shape index (κ3) is 2.93. The molecule has 2 N–H and O–H groups in total. The molecule has 1 aromatic carbocycles. The largest absolute Gasteiger partial charge is 0.496 e. The van der Waals surface area contributed by atoms with Crippen molar-refractivity contribution in [2.75, 3.05) is 26.8 Å². The van der Waals surface area contributed by atoms with Crippen LogP contribution >= 0.6 is 0 Å². The highest BCUT2D eigenvalue weighted by Gasteiger charge is 2.52. The molecule has 0 amide bonds. The van der Waals surface area contributed by atoms with Gasteiger partial charge < -0.3 is 24.6 Å². The van der Waals surface area contributed by atoms with Crippen LogP contribution in [0.2, 0.25) is 0 Å². The molecule has 1 aromatic rings. The number of hydrogen-bond acceptors (Lipinski definition) is 6. The number of ether oxygens (including phenoxy) is 3. The SMILES string of the molecule is COc1ccccc1CN[C@H]1[C@H](O)[C@@H](N2CCCC2)[C@@H]2OC[C@H]1O2. The summed E-state index contributed by atoms with van der Waals surface area (Å²) in [6.07, 6.45) is 1.46. The highest BCUT2D eigenvalue weighted by Crippen LogP contribution is 2.33. The van der Waals surface area contributed by atoms with Crippen molar-refractivity contribution in [3.05, 3.63) is 29.8 Å². The molecule has 132 valence electrons. The minimum Gasteiger partial charge on any atom is -0.496 e. The number of fused-ring (bicyclic) bond motifs is 2. The van der Waals surface area contributed by atoms with Gasteiger partial charge in [-0.3, -0.25) is 4.90 Å². The summed E-state index contributed by atoms with van der Waals surface area (Å²) >= 11 is 0. The fraction of sp³-hybridized carbons (Fsp3) is 0.667. The number of para-hydroxylation sites is 1. The van der Waals surface area contributed by atoms with Crippen molar-refractivity contribution in [2.45, 2.75) is 50.0 Å². The van der Waals surface area contributed by atoms with Gasteiger partial charge in [-0.15, -0.1) is 0 Å². The molecule has 3 aliphatic rings. The summed E-state index contributed by atoms with van der Waals surface area (Å²) < 4.78 is 17.3. The molecule has 0 aliphatic carbocycles. The van der Waals surface area contributed by atoms with Gasteiger partial charge in [0.25, 0.3) is 0 Å². The van der Waals surface area contributed by atoms with Crippen LogP contribution in [0.25, 0.3) is 0 Å². The number of aliphatic hydroxyl groups is 1. The minimum atomic E-state index is -0.496. The topological polar surface area (TPSA) is 63.2 Å². The summed E-state index contributed by atoms with van der Waals surface area (Å²) in [5.74, 6) is 0.854. The fourth-order valence-electron chi connectivity index (χ4n) is 4.16. The molecule has 0 saturated carbocycles. The molecule has 6 nitrogen and oxygen atoms in total. The van der Waals surface area contributed by atoms with Gasteiger partial charge in [-0.05, 0) is 32.0 Å². The first-order chi connectivity index (χ1) is 11.8. The zero-order valence-electron chi connectivity index (χ0n) is 14.1. The van der Waals surface area contributed by atoms with E-state index in [1.807, 2.05) is 24.3 Å². The maximum absolute atomic E-state index is 11.0. The second kappa shape index (κ2) is 6.98. The number of methoxy groups -OCH3 is 1. The first-order valence-electron chi connectivity index (χ1n) is 8.82. The maximum atomic E-state index is 11.0. The lowest BCUT2D eigenvalue weighted by atomic mass is 9.94. The number of likely N-dealkylation sites (tertiary alicyclic amines) is 1. The normalized spacial score (nSPS) is 36.2. The molecular formula is C18H26N2O4. The van der Waals surface area contributed by atoms with Gasteiger partial charge in [-0.25, -0.2) is 0 Å². The summed E-state index contributed by atoms with van der Waals surface area (Å²) in [5, 5.41) is 14.5. The Balaban J connectivity index is 1.47. The lowest BCUT2D eigenvalue weighted by Crippen LogP contribution is -2.63. The van der Waals surface area contributed by atoms with E-state index in [9.17, 15) is 5.11 Å². The molecule has 0 aromatic heterocycles. The van der Waals surface area contributed by atoms with Crippen molar-refractivity contribution >= 4 is 0 Å². The van der Waals surface area contributed by atoms with E-state index in [4.69, 9.17) is 14.2 Å². The number of hydrogen-bond donors (Lipinski definition) is 2. The van der Waals surface area contributed by atoms with Gasteiger partial charge in [0.15, 0.2) is 6.29 Å². The quantitative estimate of drug-likeness (QED) is 0.828. The van der Waals surface area contributed by atoms with E-state index >= 15 is 0 Å². The van der Waals surface area contributed by atoms with Crippen LogP contribution in [0, 0.1) is 0 Å². The molecule has 3 saturated heterocycles. The molecule has 3 aliphatic heterocycles. The summed E-state index contributed by atoms with van der Waals surface area (Å²) in [4.78, 5) is 2.31. The van der Waals surface area contributed by atoms with Crippen LogP contribution in [-0.2, 0) is 16.0 Å². The van der Waals surface area contributed by atoms with E-state index in [-0.39, 0.29) is 24.5 Å². The molecule has 4 rings (SSSR count). The molecule has 0 unspecified atom stereocenters.